The van der Waals surface area contributed by atoms with Crippen LogP contribution in [0.5, 0.6) is 0 Å². The third-order valence-corrected chi connectivity index (χ3v) is 7.39. The van der Waals surface area contributed by atoms with Crippen LogP contribution < -0.4 is 0 Å². The summed E-state index contributed by atoms with van der Waals surface area (Å²) in [7, 11) is 0. The van der Waals surface area contributed by atoms with Crippen molar-refractivity contribution in [3.63, 3.8) is 0 Å². The second-order valence-electron chi connectivity index (χ2n) is 7.54. The van der Waals surface area contributed by atoms with Gasteiger partial charge in [-0.05, 0) is 49.1 Å². The van der Waals surface area contributed by atoms with Crippen LogP contribution in [0.4, 0.5) is 4.39 Å². The van der Waals surface area contributed by atoms with Gasteiger partial charge in [0.15, 0.2) is 0 Å². The van der Waals surface area contributed by atoms with Crippen LogP contribution in [0, 0.1) is 17.1 Å². The Morgan fingerprint density at radius 1 is 1.21 bits per heavy atom. The van der Waals surface area contributed by atoms with Crippen molar-refractivity contribution in [2.75, 3.05) is 0 Å². The monoisotopic (exact) mass is 498 g/mol. The van der Waals surface area contributed by atoms with Crippen molar-refractivity contribution in [2.24, 2.45) is 0 Å². The zero-order valence-corrected chi connectivity index (χ0v) is 20.1. The highest BCUT2D eigenvalue weighted by molar-refractivity contribution is 7.16. The van der Waals surface area contributed by atoms with E-state index >= 15 is 0 Å². The fourth-order valence-electron chi connectivity index (χ4n) is 3.31. The van der Waals surface area contributed by atoms with Crippen LogP contribution in [0.2, 0.25) is 5.02 Å². The van der Waals surface area contributed by atoms with E-state index < -0.39 is 6.10 Å². The van der Waals surface area contributed by atoms with Crippen LogP contribution in [-0.2, 0) is 25.7 Å². The van der Waals surface area contributed by atoms with Gasteiger partial charge in [-0.1, -0.05) is 23.7 Å². The van der Waals surface area contributed by atoms with E-state index in [2.05, 4.69) is 16.0 Å². The van der Waals surface area contributed by atoms with E-state index in [1.54, 1.807) is 19.1 Å². The summed E-state index contributed by atoms with van der Waals surface area (Å²) in [5.74, 6) is -0.286. The third kappa shape index (κ3) is 5.81. The Bertz CT molecular complexity index is 1290. The van der Waals surface area contributed by atoms with Crippen molar-refractivity contribution in [3.8, 4) is 16.6 Å². The molecular formula is C24H20ClFN4OS2. The molecule has 0 saturated heterocycles. The SMILES string of the molecule is CC(O)c1nc(CC#N)c(-c2csc(Cc3ccc(CCc4ccc(Cl)cc4F)cn3)n2)s1. The summed E-state index contributed by atoms with van der Waals surface area (Å²) in [4.78, 5) is 14.5. The summed E-state index contributed by atoms with van der Waals surface area (Å²) in [5.41, 5.74) is 3.98. The van der Waals surface area contributed by atoms with Gasteiger partial charge in [-0.15, -0.1) is 22.7 Å². The predicted octanol–water partition coefficient (Wildman–Crippen LogP) is 5.95. The Hall–Kier alpha value is -2.70. The van der Waals surface area contributed by atoms with Gasteiger partial charge in [0.25, 0.3) is 0 Å². The van der Waals surface area contributed by atoms with Crippen LogP contribution in [0.15, 0.2) is 41.9 Å². The number of hydrogen-bond donors (Lipinski definition) is 1. The molecule has 0 fully saturated rings. The van der Waals surface area contributed by atoms with Gasteiger partial charge >= 0.3 is 0 Å². The van der Waals surface area contributed by atoms with E-state index in [1.165, 1.54) is 28.7 Å². The molecule has 0 aliphatic carbocycles. The number of halogens is 2. The lowest BCUT2D eigenvalue weighted by molar-refractivity contribution is 0.198. The lowest BCUT2D eigenvalue weighted by Crippen LogP contribution is -1.97. The molecule has 3 aromatic heterocycles. The van der Waals surface area contributed by atoms with Crippen LogP contribution >= 0.6 is 34.3 Å². The first-order valence-electron chi connectivity index (χ1n) is 10.3. The molecule has 4 rings (SSSR count). The Labute approximate surface area is 204 Å². The number of nitrogens with zero attached hydrogens (tertiary/aromatic N) is 4. The number of aliphatic hydroxyl groups excluding tert-OH is 1. The molecule has 1 atom stereocenters. The lowest BCUT2D eigenvalue weighted by Gasteiger charge is -2.05. The molecule has 0 aliphatic heterocycles. The number of aryl methyl sites for hydroxylation is 2. The molecule has 0 spiro atoms. The first-order chi connectivity index (χ1) is 15.9. The van der Waals surface area contributed by atoms with Crippen molar-refractivity contribution in [1.29, 1.82) is 5.26 Å². The Morgan fingerprint density at radius 2 is 2.06 bits per heavy atom. The standard InChI is InChI=1S/C24H20ClFN4OS2/c1-14(31)24-30-20(8-9-27)23(33-24)21-13-32-22(29-21)11-18-7-3-15(12-28-18)2-4-16-5-6-17(25)10-19(16)26/h3,5-7,10,12-14,31H,2,4,8,11H2,1H3. The molecule has 3 heterocycles. The zero-order valence-electron chi connectivity index (χ0n) is 17.8. The zero-order chi connectivity index (χ0) is 23.4. The maximum atomic E-state index is 14.0. The topological polar surface area (TPSA) is 82.7 Å². The fourth-order valence-corrected chi connectivity index (χ4v) is 5.32. The van der Waals surface area contributed by atoms with E-state index in [0.717, 1.165) is 26.8 Å². The molecule has 1 aromatic carbocycles. The second kappa shape index (κ2) is 10.5. The number of pyridine rings is 1. The molecule has 5 nitrogen and oxygen atoms in total. The highest BCUT2D eigenvalue weighted by Crippen LogP contribution is 2.34. The van der Waals surface area contributed by atoms with Gasteiger partial charge in [0.1, 0.15) is 16.9 Å². The molecule has 4 aromatic rings. The van der Waals surface area contributed by atoms with Crippen molar-refractivity contribution >= 4 is 34.3 Å². The highest BCUT2D eigenvalue weighted by Gasteiger charge is 2.18. The minimum absolute atomic E-state index is 0.175. The molecule has 9 heteroatoms. The van der Waals surface area contributed by atoms with Gasteiger partial charge in [0.2, 0.25) is 0 Å². The smallest absolute Gasteiger partial charge is 0.127 e. The number of rotatable bonds is 8. The summed E-state index contributed by atoms with van der Waals surface area (Å²) in [6.45, 7) is 1.66. The summed E-state index contributed by atoms with van der Waals surface area (Å²) in [5, 5.41) is 22.8. The molecule has 0 saturated carbocycles. The number of benzene rings is 1. The fraction of sp³-hybridized carbons (Fsp3) is 0.250. The Balaban J connectivity index is 1.42. The molecule has 0 amide bonds. The lowest BCUT2D eigenvalue weighted by atomic mass is 10.0. The largest absolute Gasteiger partial charge is 0.386 e. The average molecular weight is 499 g/mol. The first kappa shape index (κ1) is 23.5. The van der Waals surface area contributed by atoms with Gasteiger partial charge in [-0.3, -0.25) is 4.98 Å². The van der Waals surface area contributed by atoms with E-state index in [0.29, 0.717) is 40.6 Å². The van der Waals surface area contributed by atoms with Crippen LogP contribution in [0.3, 0.4) is 0 Å². The van der Waals surface area contributed by atoms with E-state index in [1.807, 2.05) is 23.7 Å². The molecule has 0 radical (unpaired) electrons. The number of aliphatic hydroxyl groups is 1. The van der Waals surface area contributed by atoms with Crippen LogP contribution in [-0.4, -0.2) is 20.1 Å². The van der Waals surface area contributed by atoms with Crippen molar-refractivity contribution in [1.82, 2.24) is 15.0 Å². The normalized spacial score (nSPS) is 12.0. The highest BCUT2D eigenvalue weighted by atomic mass is 35.5. The second-order valence-corrected chi connectivity index (χ2v) is 9.95. The number of thiazole rings is 2. The summed E-state index contributed by atoms with van der Waals surface area (Å²) in [6.07, 6.45) is 3.17. The predicted molar refractivity (Wildman–Crippen MR) is 129 cm³/mol. The molecule has 168 valence electrons. The molecule has 0 aliphatic rings. The van der Waals surface area contributed by atoms with Gasteiger partial charge in [-0.25, -0.2) is 14.4 Å². The van der Waals surface area contributed by atoms with E-state index in [4.69, 9.17) is 21.8 Å². The van der Waals surface area contributed by atoms with Crippen LogP contribution in [0.25, 0.3) is 10.6 Å². The molecule has 1 unspecified atom stereocenters. The van der Waals surface area contributed by atoms with Crippen molar-refractivity contribution < 1.29 is 9.50 Å². The van der Waals surface area contributed by atoms with Crippen molar-refractivity contribution in [2.45, 2.75) is 38.7 Å². The maximum Gasteiger partial charge on any atom is 0.127 e. The third-order valence-electron chi connectivity index (χ3n) is 5.02. The molecule has 1 N–H and O–H groups in total. The van der Waals surface area contributed by atoms with Gasteiger partial charge < -0.3 is 5.11 Å². The average Bonchev–Trinajstić information content (AvgIpc) is 3.42. The minimum Gasteiger partial charge on any atom is -0.386 e. The van der Waals surface area contributed by atoms with Gasteiger partial charge in [0.05, 0.1) is 33.8 Å². The number of aromatic nitrogens is 3. The first-order valence-corrected chi connectivity index (χ1v) is 12.4. The molecule has 33 heavy (non-hydrogen) atoms. The quantitative estimate of drug-likeness (QED) is 0.324. The Morgan fingerprint density at radius 3 is 2.76 bits per heavy atom. The summed E-state index contributed by atoms with van der Waals surface area (Å²) >= 11 is 8.71. The van der Waals surface area contributed by atoms with Crippen molar-refractivity contribution in [3.05, 3.63) is 85.3 Å². The summed E-state index contributed by atoms with van der Waals surface area (Å²) < 4.78 is 14.0. The van der Waals surface area contributed by atoms with Gasteiger partial charge in [0, 0.05) is 28.7 Å². The number of hydrogen-bond acceptors (Lipinski definition) is 7. The van der Waals surface area contributed by atoms with E-state index in [9.17, 15) is 9.50 Å². The number of nitriles is 1. The maximum absolute atomic E-state index is 14.0. The van der Waals surface area contributed by atoms with Gasteiger partial charge in [-0.2, -0.15) is 5.26 Å². The van der Waals surface area contributed by atoms with E-state index in [-0.39, 0.29) is 12.2 Å². The molecular weight excluding hydrogens is 479 g/mol. The Kier molecular flexibility index (Phi) is 7.46. The molecule has 0 bridgehead atoms. The summed E-state index contributed by atoms with van der Waals surface area (Å²) in [6, 6.07) is 10.9. The minimum atomic E-state index is -0.682. The van der Waals surface area contributed by atoms with Crippen LogP contribution in [0.1, 0.15) is 45.6 Å².